The van der Waals surface area contributed by atoms with Crippen LogP contribution in [-0.4, -0.2) is 30.8 Å². The fourth-order valence-corrected chi connectivity index (χ4v) is 2.98. The van der Waals surface area contributed by atoms with Crippen LogP contribution in [0.25, 0.3) is 0 Å². The first-order valence-corrected chi connectivity index (χ1v) is 6.64. The third-order valence-corrected chi connectivity index (χ3v) is 3.66. The van der Waals surface area contributed by atoms with Crippen LogP contribution < -0.4 is 10.6 Å². The lowest BCUT2D eigenvalue weighted by molar-refractivity contribution is 0.0504. The van der Waals surface area contributed by atoms with Crippen LogP contribution in [0.5, 0.6) is 0 Å². The monoisotopic (exact) mass is 240 g/mol. The largest absolute Gasteiger partial charge is 0.444 e. The Morgan fingerprint density at radius 1 is 1.29 bits per heavy atom. The first-order valence-electron chi connectivity index (χ1n) is 6.64. The lowest BCUT2D eigenvalue weighted by atomic mass is 9.90. The Morgan fingerprint density at radius 2 is 2.00 bits per heavy atom. The van der Waals surface area contributed by atoms with E-state index in [2.05, 4.69) is 10.6 Å². The van der Waals surface area contributed by atoms with Crippen molar-refractivity contribution < 1.29 is 9.53 Å². The minimum absolute atomic E-state index is 0.269. The van der Waals surface area contributed by atoms with Crippen LogP contribution >= 0.6 is 0 Å². The van der Waals surface area contributed by atoms with Gasteiger partial charge in [-0.3, -0.25) is 0 Å². The van der Waals surface area contributed by atoms with Crippen LogP contribution in [-0.2, 0) is 4.74 Å². The molecule has 4 nitrogen and oxygen atoms in total. The van der Waals surface area contributed by atoms with Gasteiger partial charge in [-0.2, -0.15) is 0 Å². The van der Waals surface area contributed by atoms with Crippen molar-refractivity contribution >= 4 is 6.09 Å². The molecular formula is C13H24N2O2. The molecule has 0 aromatic heterocycles. The SMILES string of the molecule is CC(C)(C)OC(=O)NC1CC2CCNCC2C1. The van der Waals surface area contributed by atoms with Crippen molar-refractivity contribution in [2.45, 2.75) is 51.7 Å². The highest BCUT2D eigenvalue weighted by Crippen LogP contribution is 2.35. The van der Waals surface area contributed by atoms with E-state index >= 15 is 0 Å². The van der Waals surface area contributed by atoms with Crippen LogP contribution in [0, 0.1) is 11.8 Å². The molecule has 0 bridgehead atoms. The van der Waals surface area contributed by atoms with Gasteiger partial charge < -0.3 is 15.4 Å². The van der Waals surface area contributed by atoms with Gasteiger partial charge >= 0.3 is 6.09 Å². The summed E-state index contributed by atoms with van der Waals surface area (Å²) in [6, 6.07) is 0.305. The van der Waals surface area contributed by atoms with Gasteiger partial charge in [0, 0.05) is 6.04 Å². The van der Waals surface area contributed by atoms with E-state index in [9.17, 15) is 4.79 Å². The Bertz CT molecular complexity index is 272. The van der Waals surface area contributed by atoms with Gasteiger partial charge in [-0.25, -0.2) is 4.79 Å². The van der Waals surface area contributed by atoms with Crippen molar-refractivity contribution in [1.29, 1.82) is 0 Å². The highest BCUT2D eigenvalue weighted by atomic mass is 16.6. The van der Waals surface area contributed by atoms with Crippen LogP contribution in [0.15, 0.2) is 0 Å². The molecule has 3 atom stereocenters. The molecule has 3 unspecified atom stereocenters. The van der Waals surface area contributed by atoms with E-state index in [1.54, 1.807) is 0 Å². The molecule has 0 radical (unpaired) electrons. The van der Waals surface area contributed by atoms with Crippen LogP contribution in [0.4, 0.5) is 4.79 Å². The lowest BCUT2D eigenvalue weighted by Crippen LogP contribution is -2.38. The smallest absolute Gasteiger partial charge is 0.407 e. The summed E-state index contributed by atoms with van der Waals surface area (Å²) in [7, 11) is 0. The number of nitrogens with one attached hydrogen (secondary N) is 2. The summed E-state index contributed by atoms with van der Waals surface area (Å²) in [5, 5.41) is 6.43. The summed E-state index contributed by atoms with van der Waals surface area (Å²) >= 11 is 0. The fourth-order valence-electron chi connectivity index (χ4n) is 2.98. The highest BCUT2D eigenvalue weighted by Gasteiger charge is 2.36. The normalized spacial score (nSPS) is 33.0. The minimum atomic E-state index is -0.406. The van der Waals surface area contributed by atoms with E-state index in [-0.39, 0.29) is 6.09 Å². The Labute approximate surface area is 103 Å². The van der Waals surface area contributed by atoms with Crippen molar-refractivity contribution in [1.82, 2.24) is 10.6 Å². The van der Waals surface area contributed by atoms with E-state index < -0.39 is 5.60 Å². The van der Waals surface area contributed by atoms with Crippen molar-refractivity contribution in [2.75, 3.05) is 13.1 Å². The number of amides is 1. The fraction of sp³-hybridized carbons (Fsp3) is 0.923. The zero-order chi connectivity index (χ0) is 12.5. The molecule has 1 saturated carbocycles. The van der Waals surface area contributed by atoms with Gasteiger partial charge in [-0.15, -0.1) is 0 Å². The second-order valence-electron chi connectivity index (χ2n) is 6.33. The molecule has 2 aliphatic rings. The molecule has 2 rings (SSSR count). The van der Waals surface area contributed by atoms with Crippen molar-refractivity contribution in [3.05, 3.63) is 0 Å². The Morgan fingerprint density at radius 3 is 2.65 bits per heavy atom. The number of fused-ring (bicyclic) bond motifs is 1. The maximum absolute atomic E-state index is 11.7. The van der Waals surface area contributed by atoms with E-state index in [1.807, 2.05) is 20.8 Å². The second kappa shape index (κ2) is 4.84. The Kier molecular flexibility index (Phi) is 3.61. The minimum Gasteiger partial charge on any atom is -0.444 e. The molecule has 1 amide bonds. The van der Waals surface area contributed by atoms with Crippen molar-refractivity contribution in [3.8, 4) is 0 Å². The molecule has 17 heavy (non-hydrogen) atoms. The average molecular weight is 240 g/mol. The molecule has 1 aliphatic heterocycles. The molecule has 1 saturated heterocycles. The molecular weight excluding hydrogens is 216 g/mol. The Hall–Kier alpha value is -0.770. The van der Waals surface area contributed by atoms with Crippen molar-refractivity contribution in [3.63, 3.8) is 0 Å². The summed E-state index contributed by atoms with van der Waals surface area (Å²) in [5.74, 6) is 1.53. The first-order chi connectivity index (χ1) is 7.94. The van der Waals surface area contributed by atoms with Crippen LogP contribution in [0.1, 0.15) is 40.0 Å². The van der Waals surface area contributed by atoms with E-state index in [1.165, 1.54) is 6.42 Å². The number of alkyl carbamates (subject to hydrolysis) is 1. The molecule has 4 heteroatoms. The zero-order valence-corrected chi connectivity index (χ0v) is 11.1. The summed E-state index contributed by atoms with van der Waals surface area (Å²) in [4.78, 5) is 11.7. The maximum atomic E-state index is 11.7. The van der Waals surface area contributed by atoms with E-state index in [0.717, 1.165) is 37.8 Å². The molecule has 2 fully saturated rings. The third kappa shape index (κ3) is 3.60. The van der Waals surface area contributed by atoms with Gasteiger partial charge in [-0.1, -0.05) is 0 Å². The molecule has 2 N–H and O–H groups in total. The first kappa shape index (κ1) is 12.7. The maximum Gasteiger partial charge on any atom is 0.407 e. The Balaban J connectivity index is 1.79. The summed E-state index contributed by atoms with van der Waals surface area (Å²) < 4.78 is 5.29. The highest BCUT2D eigenvalue weighted by molar-refractivity contribution is 5.68. The third-order valence-electron chi connectivity index (χ3n) is 3.66. The summed E-state index contributed by atoms with van der Waals surface area (Å²) in [5.41, 5.74) is -0.406. The molecule has 1 heterocycles. The van der Waals surface area contributed by atoms with Gasteiger partial charge in [0.05, 0.1) is 0 Å². The predicted molar refractivity (Wildman–Crippen MR) is 66.9 cm³/mol. The number of piperidine rings is 1. The number of carbonyl (C=O) groups is 1. The van der Waals surface area contributed by atoms with Gasteiger partial charge in [0.25, 0.3) is 0 Å². The predicted octanol–water partition coefficient (Wildman–Crippen LogP) is 1.90. The summed E-state index contributed by atoms with van der Waals surface area (Å²) in [6.45, 7) is 7.91. The quantitative estimate of drug-likeness (QED) is 0.736. The van der Waals surface area contributed by atoms with E-state index in [0.29, 0.717) is 6.04 Å². The number of hydrogen-bond acceptors (Lipinski definition) is 3. The van der Waals surface area contributed by atoms with Gasteiger partial charge in [0.15, 0.2) is 0 Å². The molecule has 1 aliphatic carbocycles. The molecule has 0 spiro atoms. The van der Waals surface area contributed by atoms with Gasteiger partial charge in [-0.05, 0) is 65.0 Å². The van der Waals surface area contributed by atoms with Crippen molar-refractivity contribution in [2.24, 2.45) is 11.8 Å². The topological polar surface area (TPSA) is 50.4 Å². The lowest BCUT2D eigenvalue weighted by Gasteiger charge is -2.25. The second-order valence-corrected chi connectivity index (χ2v) is 6.33. The van der Waals surface area contributed by atoms with Gasteiger partial charge in [0.1, 0.15) is 5.60 Å². The zero-order valence-electron chi connectivity index (χ0n) is 11.1. The van der Waals surface area contributed by atoms with E-state index in [4.69, 9.17) is 4.74 Å². The van der Waals surface area contributed by atoms with Gasteiger partial charge in [0.2, 0.25) is 0 Å². The van der Waals surface area contributed by atoms with Crippen LogP contribution in [0.3, 0.4) is 0 Å². The number of rotatable bonds is 1. The molecule has 0 aromatic carbocycles. The van der Waals surface area contributed by atoms with Crippen LogP contribution in [0.2, 0.25) is 0 Å². The summed E-state index contributed by atoms with van der Waals surface area (Å²) in [6.07, 6.45) is 3.19. The standard InChI is InChI=1S/C13H24N2O2/c1-13(2,3)17-12(16)15-11-6-9-4-5-14-8-10(9)7-11/h9-11,14H,4-8H2,1-3H3,(H,15,16). The number of hydrogen-bond donors (Lipinski definition) is 2. The number of ether oxygens (including phenoxy) is 1. The average Bonchev–Trinajstić information content (AvgIpc) is 2.55. The number of carbonyl (C=O) groups excluding carboxylic acids is 1. The molecule has 98 valence electrons. The molecule has 0 aromatic rings.